The van der Waals surface area contributed by atoms with Gasteiger partial charge in [0.25, 0.3) is 0 Å². The van der Waals surface area contributed by atoms with Gasteiger partial charge in [0.05, 0.1) is 17.7 Å². The molecular formula is C30H37N3O2S. The number of aromatic nitrogens is 1. The minimum absolute atomic E-state index is 0. The van der Waals surface area contributed by atoms with Gasteiger partial charge in [0, 0.05) is 37.9 Å². The van der Waals surface area contributed by atoms with Gasteiger partial charge in [-0.1, -0.05) is 67.7 Å². The first kappa shape index (κ1) is 26.4. The number of pyridine rings is 1. The zero-order valence-corrected chi connectivity index (χ0v) is 21.3. The molecule has 5 rings (SSSR count). The van der Waals surface area contributed by atoms with E-state index in [0.29, 0.717) is 0 Å². The molecule has 190 valence electrons. The van der Waals surface area contributed by atoms with Crippen molar-refractivity contribution < 1.29 is 9.53 Å². The van der Waals surface area contributed by atoms with E-state index in [9.17, 15) is 4.79 Å². The van der Waals surface area contributed by atoms with Crippen LogP contribution in [0, 0.1) is 6.92 Å². The third-order valence-corrected chi connectivity index (χ3v) is 8.23. The van der Waals surface area contributed by atoms with Crippen LogP contribution in [-0.4, -0.2) is 60.5 Å². The first-order valence-electron chi connectivity index (χ1n) is 12.5. The quantitative estimate of drug-likeness (QED) is 0.378. The molecule has 2 atom stereocenters. The molecule has 2 fully saturated rings. The van der Waals surface area contributed by atoms with Crippen LogP contribution in [0.3, 0.4) is 0 Å². The number of amides is 1. The van der Waals surface area contributed by atoms with Crippen LogP contribution in [0.4, 0.5) is 0 Å². The lowest BCUT2D eigenvalue weighted by atomic mass is 10.0. The number of thioether (sulfide) groups is 1. The molecule has 0 saturated carbocycles. The number of aryl methyl sites for hydroxylation is 1. The van der Waals surface area contributed by atoms with Crippen LogP contribution < -0.4 is 0 Å². The summed E-state index contributed by atoms with van der Waals surface area (Å²) in [5.74, 6) is 0.189. The van der Waals surface area contributed by atoms with Crippen molar-refractivity contribution in [1.29, 1.82) is 0 Å². The Kier molecular flexibility index (Phi) is 8.83. The van der Waals surface area contributed by atoms with Crippen LogP contribution >= 0.6 is 11.8 Å². The first-order valence-corrected chi connectivity index (χ1v) is 13.3. The largest absolute Gasteiger partial charge is 0.371 e. The molecule has 3 heterocycles. The number of benzene rings is 2. The lowest BCUT2D eigenvalue weighted by Crippen LogP contribution is -2.35. The zero-order chi connectivity index (χ0) is 24.2. The normalized spacial score (nSPS) is 19.1. The molecule has 2 aliphatic heterocycles. The fourth-order valence-electron chi connectivity index (χ4n) is 4.85. The Bertz CT molecular complexity index is 1160. The smallest absolute Gasteiger partial charge is 0.240 e. The maximum absolute atomic E-state index is 13.4. The van der Waals surface area contributed by atoms with Gasteiger partial charge in [-0.05, 0) is 61.2 Å². The summed E-state index contributed by atoms with van der Waals surface area (Å²) in [7, 11) is 2.14. The molecule has 2 aromatic carbocycles. The number of carbonyl (C=O) groups is 1. The Morgan fingerprint density at radius 3 is 2.53 bits per heavy atom. The number of hydrogen-bond acceptors (Lipinski definition) is 5. The molecule has 2 saturated heterocycles. The van der Waals surface area contributed by atoms with Crippen LogP contribution in [-0.2, 0) is 9.53 Å². The topological polar surface area (TPSA) is 45.7 Å². The predicted octanol–water partition coefficient (Wildman–Crippen LogP) is 6.15. The molecule has 2 unspecified atom stereocenters. The Morgan fingerprint density at radius 2 is 1.81 bits per heavy atom. The summed E-state index contributed by atoms with van der Waals surface area (Å²) in [6.07, 6.45) is 4.21. The van der Waals surface area contributed by atoms with Gasteiger partial charge in [0.15, 0.2) is 0 Å². The van der Waals surface area contributed by atoms with E-state index in [4.69, 9.17) is 9.72 Å². The van der Waals surface area contributed by atoms with E-state index >= 15 is 0 Å². The van der Waals surface area contributed by atoms with E-state index in [2.05, 4.69) is 49.2 Å². The second-order valence-electron chi connectivity index (χ2n) is 9.53. The summed E-state index contributed by atoms with van der Waals surface area (Å²) in [6.45, 7) is 6.43. The van der Waals surface area contributed by atoms with Crippen molar-refractivity contribution in [2.45, 2.75) is 43.6 Å². The SMILES string of the molecule is C.Cc1cc(-c2cccc(C3CN(C)CCO3)c2)cnc1SC(C(=O)N1CCCC1)c1ccccc1. The van der Waals surface area contributed by atoms with Crippen LogP contribution in [0.2, 0.25) is 0 Å². The molecule has 0 spiro atoms. The van der Waals surface area contributed by atoms with Gasteiger partial charge < -0.3 is 14.5 Å². The van der Waals surface area contributed by atoms with E-state index in [1.807, 2.05) is 41.4 Å². The highest BCUT2D eigenvalue weighted by Gasteiger charge is 2.29. The van der Waals surface area contributed by atoms with Crippen molar-refractivity contribution in [3.8, 4) is 11.1 Å². The number of ether oxygens (including phenoxy) is 1. The Balaban J connectivity index is 0.00000304. The number of morpholine rings is 1. The van der Waals surface area contributed by atoms with Crippen molar-refractivity contribution in [2.24, 2.45) is 0 Å². The van der Waals surface area contributed by atoms with Crippen molar-refractivity contribution in [3.63, 3.8) is 0 Å². The first-order chi connectivity index (χ1) is 17.1. The van der Waals surface area contributed by atoms with Crippen LogP contribution in [0.1, 0.15) is 48.3 Å². The average molecular weight is 504 g/mol. The third kappa shape index (κ3) is 6.00. The summed E-state index contributed by atoms with van der Waals surface area (Å²) in [5.41, 5.74) is 5.54. The molecule has 0 bridgehead atoms. The van der Waals surface area contributed by atoms with E-state index in [1.54, 1.807) is 11.8 Å². The molecule has 3 aromatic rings. The Hall–Kier alpha value is -2.67. The monoisotopic (exact) mass is 503 g/mol. The lowest BCUT2D eigenvalue weighted by Gasteiger charge is -2.30. The predicted molar refractivity (Wildman–Crippen MR) is 148 cm³/mol. The van der Waals surface area contributed by atoms with Gasteiger partial charge in [0.1, 0.15) is 5.25 Å². The third-order valence-electron chi connectivity index (χ3n) is 6.87. The highest BCUT2D eigenvalue weighted by atomic mass is 32.2. The van der Waals surface area contributed by atoms with Gasteiger partial charge in [-0.25, -0.2) is 4.98 Å². The van der Waals surface area contributed by atoms with Crippen LogP contribution in [0.25, 0.3) is 11.1 Å². The average Bonchev–Trinajstić information content (AvgIpc) is 3.43. The highest BCUT2D eigenvalue weighted by Crippen LogP contribution is 2.39. The van der Waals surface area contributed by atoms with Crippen LogP contribution in [0.15, 0.2) is 71.9 Å². The minimum atomic E-state index is -0.282. The molecule has 0 radical (unpaired) electrons. The molecule has 1 aromatic heterocycles. The van der Waals surface area contributed by atoms with Crippen LogP contribution in [0.5, 0.6) is 0 Å². The number of rotatable bonds is 6. The molecule has 6 heteroatoms. The second-order valence-corrected chi connectivity index (χ2v) is 10.6. The highest BCUT2D eigenvalue weighted by molar-refractivity contribution is 8.00. The standard InChI is InChI=1S/C29H33N3O2S.CH4/c1-21-17-25(23-11-8-12-24(18-23)26-20-31(2)15-16-34-26)19-30-28(21)35-27(22-9-4-3-5-10-22)29(33)32-13-6-7-14-32;/h3-5,8-12,17-19,26-27H,6-7,13-16,20H2,1-2H3;1H4. The fourth-order valence-corrected chi connectivity index (χ4v) is 5.97. The maximum atomic E-state index is 13.4. The maximum Gasteiger partial charge on any atom is 0.240 e. The van der Waals surface area contributed by atoms with E-state index < -0.39 is 0 Å². The summed E-state index contributed by atoms with van der Waals surface area (Å²) in [5, 5.41) is 0.624. The van der Waals surface area contributed by atoms with Crippen molar-refractivity contribution in [3.05, 3.63) is 83.6 Å². The second kappa shape index (κ2) is 12.0. The number of carbonyl (C=O) groups excluding carboxylic acids is 1. The zero-order valence-electron chi connectivity index (χ0n) is 20.5. The Morgan fingerprint density at radius 1 is 1.03 bits per heavy atom. The van der Waals surface area contributed by atoms with Gasteiger partial charge in [0.2, 0.25) is 5.91 Å². The van der Waals surface area contributed by atoms with E-state index in [0.717, 1.165) is 72.9 Å². The molecule has 2 aliphatic rings. The number of likely N-dealkylation sites (tertiary alicyclic amines) is 1. The van der Waals surface area contributed by atoms with Gasteiger partial charge >= 0.3 is 0 Å². The molecule has 36 heavy (non-hydrogen) atoms. The fraction of sp³-hybridized carbons (Fsp3) is 0.400. The molecule has 0 aliphatic carbocycles. The number of nitrogens with zero attached hydrogens (tertiary/aromatic N) is 3. The molecule has 0 N–H and O–H groups in total. The van der Waals surface area contributed by atoms with E-state index in [-0.39, 0.29) is 24.7 Å². The summed E-state index contributed by atoms with van der Waals surface area (Å²) in [4.78, 5) is 22.6. The van der Waals surface area contributed by atoms with Crippen molar-refractivity contribution in [2.75, 3.05) is 39.8 Å². The lowest BCUT2D eigenvalue weighted by molar-refractivity contribution is -0.129. The van der Waals surface area contributed by atoms with Crippen molar-refractivity contribution in [1.82, 2.24) is 14.8 Å². The van der Waals surface area contributed by atoms with Gasteiger partial charge in [-0.2, -0.15) is 0 Å². The van der Waals surface area contributed by atoms with Crippen molar-refractivity contribution >= 4 is 17.7 Å². The van der Waals surface area contributed by atoms with Gasteiger partial charge in [-0.15, -0.1) is 0 Å². The summed E-state index contributed by atoms with van der Waals surface area (Å²) < 4.78 is 6.02. The number of hydrogen-bond donors (Lipinski definition) is 0. The Labute approximate surface area is 219 Å². The molecule has 5 nitrogen and oxygen atoms in total. The van der Waals surface area contributed by atoms with E-state index in [1.165, 1.54) is 5.56 Å². The molecular weight excluding hydrogens is 466 g/mol. The number of likely N-dealkylation sites (N-methyl/N-ethyl adjacent to an activating group) is 1. The molecule has 1 amide bonds. The summed E-state index contributed by atoms with van der Waals surface area (Å²) in [6, 6.07) is 20.9. The summed E-state index contributed by atoms with van der Waals surface area (Å²) >= 11 is 1.57. The minimum Gasteiger partial charge on any atom is -0.371 e. The van der Waals surface area contributed by atoms with Gasteiger partial charge in [-0.3, -0.25) is 4.79 Å².